The van der Waals surface area contributed by atoms with Gasteiger partial charge in [0.1, 0.15) is 11.9 Å². The molecule has 2 amide bonds. The van der Waals surface area contributed by atoms with Gasteiger partial charge in [0.15, 0.2) is 11.5 Å². The Labute approximate surface area is 250 Å². The standard InChI is InChI=1S/C31H40N6O6/c1-15(2)26(30(40)35-31-34-29(16(3)4)36-37-31)33-22-12-10-19-20(14-23(22)39)21(32-17(5)38)11-9-18-13-24(41-6)27(42-7)28(43-8)25(18)19/h10,12-16,21,26H,9,11H2,1-8H3,(H,32,38)(H,33,39)(H2,34,35,36,37,40)/t21-,26?/m0/s1. The van der Waals surface area contributed by atoms with Crippen molar-refractivity contribution in [2.75, 3.05) is 32.0 Å². The molecule has 1 unspecified atom stereocenters. The van der Waals surface area contributed by atoms with Crippen LogP contribution in [0.1, 0.15) is 70.0 Å². The number of hydrogen-bond acceptors (Lipinski definition) is 9. The number of hydrogen-bond donors (Lipinski definition) is 4. The van der Waals surface area contributed by atoms with E-state index in [1.54, 1.807) is 20.3 Å². The van der Waals surface area contributed by atoms with Crippen molar-refractivity contribution in [3.05, 3.63) is 51.4 Å². The Morgan fingerprint density at radius 1 is 1.02 bits per heavy atom. The summed E-state index contributed by atoms with van der Waals surface area (Å²) in [5, 5.41) is 15.8. The van der Waals surface area contributed by atoms with E-state index in [1.165, 1.54) is 20.1 Å². The number of aromatic amines is 1. The Hall–Kier alpha value is -4.61. The number of anilines is 2. The SMILES string of the molecule is COc1cc2c(c(OC)c1OC)-c1ccc(NC(C(=O)Nc3n[nH]c(C(C)C)n3)C(C)C)c(=O)cc1[C@@H](NC(C)=O)CC2. The maximum Gasteiger partial charge on any atom is 0.249 e. The summed E-state index contributed by atoms with van der Waals surface area (Å²) in [5.74, 6) is 1.55. The van der Waals surface area contributed by atoms with Gasteiger partial charge in [-0.15, -0.1) is 5.10 Å². The lowest BCUT2D eigenvalue weighted by Gasteiger charge is -2.21. The van der Waals surface area contributed by atoms with Crippen LogP contribution in [-0.4, -0.2) is 54.4 Å². The molecule has 0 spiro atoms. The molecule has 0 fully saturated rings. The number of fused-ring (bicyclic) bond motifs is 3. The van der Waals surface area contributed by atoms with E-state index in [1.807, 2.05) is 39.8 Å². The van der Waals surface area contributed by atoms with E-state index < -0.39 is 12.1 Å². The number of aromatic nitrogens is 3. The molecule has 1 aliphatic carbocycles. The Balaban J connectivity index is 1.82. The van der Waals surface area contributed by atoms with Crippen molar-refractivity contribution in [2.24, 2.45) is 5.92 Å². The summed E-state index contributed by atoms with van der Waals surface area (Å²) in [7, 11) is 4.64. The summed E-state index contributed by atoms with van der Waals surface area (Å²) >= 11 is 0. The second kappa shape index (κ2) is 13.1. The van der Waals surface area contributed by atoms with Gasteiger partial charge >= 0.3 is 0 Å². The molecular weight excluding hydrogens is 552 g/mol. The van der Waals surface area contributed by atoms with Crippen molar-refractivity contribution in [1.29, 1.82) is 0 Å². The van der Waals surface area contributed by atoms with Crippen LogP contribution in [0.4, 0.5) is 11.6 Å². The minimum atomic E-state index is -0.770. The minimum Gasteiger partial charge on any atom is -0.493 e. The van der Waals surface area contributed by atoms with Gasteiger partial charge in [0.2, 0.25) is 28.9 Å². The quantitative estimate of drug-likeness (QED) is 0.271. The van der Waals surface area contributed by atoms with Crippen molar-refractivity contribution in [2.45, 2.75) is 65.5 Å². The molecule has 4 rings (SSSR count). The smallest absolute Gasteiger partial charge is 0.249 e. The van der Waals surface area contributed by atoms with Crippen LogP contribution in [-0.2, 0) is 16.0 Å². The lowest BCUT2D eigenvalue weighted by molar-refractivity contribution is -0.120. The number of aryl methyl sites for hydroxylation is 1. The molecule has 0 saturated carbocycles. The molecule has 0 saturated heterocycles. The van der Waals surface area contributed by atoms with E-state index in [0.717, 1.165) is 11.1 Å². The number of amides is 2. The Morgan fingerprint density at radius 2 is 1.74 bits per heavy atom. The van der Waals surface area contributed by atoms with Gasteiger partial charge in [0.05, 0.1) is 33.1 Å². The average molecular weight is 593 g/mol. The zero-order valence-corrected chi connectivity index (χ0v) is 25.9. The third-order valence-electron chi connectivity index (χ3n) is 7.46. The van der Waals surface area contributed by atoms with Crippen LogP contribution in [0.15, 0.2) is 29.1 Å². The highest BCUT2D eigenvalue weighted by Gasteiger charge is 2.30. The molecular formula is C31H40N6O6. The van der Waals surface area contributed by atoms with E-state index in [-0.39, 0.29) is 40.7 Å². The van der Waals surface area contributed by atoms with Crippen LogP contribution in [0.2, 0.25) is 0 Å². The summed E-state index contributed by atoms with van der Waals surface area (Å²) in [6.07, 6.45) is 1.13. The highest BCUT2D eigenvalue weighted by molar-refractivity contribution is 5.95. The van der Waals surface area contributed by atoms with Crippen molar-refractivity contribution < 1.29 is 23.8 Å². The van der Waals surface area contributed by atoms with Gasteiger partial charge in [-0.05, 0) is 53.6 Å². The molecule has 0 aliphatic heterocycles. The fourth-order valence-corrected chi connectivity index (χ4v) is 5.31. The number of H-pyrrole nitrogens is 1. The van der Waals surface area contributed by atoms with Crippen LogP contribution in [0, 0.1) is 5.92 Å². The number of rotatable bonds is 10. The zero-order chi connectivity index (χ0) is 31.4. The number of methoxy groups -OCH3 is 3. The van der Waals surface area contributed by atoms with Crippen molar-refractivity contribution >= 4 is 23.5 Å². The highest BCUT2D eigenvalue weighted by Crippen LogP contribution is 2.50. The molecule has 2 atom stereocenters. The molecule has 3 aromatic rings. The second-order valence-electron chi connectivity index (χ2n) is 11.2. The third kappa shape index (κ3) is 6.58. The molecule has 1 heterocycles. The normalized spacial score (nSPS) is 14.7. The summed E-state index contributed by atoms with van der Waals surface area (Å²) in [6, 6.07) is 5.67. The topological polar surface area (TPSA) is 157 Å². The molecule has 1 aliphatic rings. The molecule has 12 nitrogen and oxygen atoms in total. The number of nitrogens with one attached hydrogen (secondary N) is 4. The fourth-order valence-electron chi connectivity index (χ4n) is 5.31. The Kier molecular flexibility index (Phi) is 9.57. The fraction of sp³-hybridized carbons (Fsp3) is 0.452. The first-order valence-electron chi connectivity index (χ1n) is 14.3. The van der Waals surface area contributed by atoms with Gasteiger partial charge in [-0.1, -0.05) is 33.8 Å². The second-order valence-corrected chi connectivity index (χ2v) is 11.2. The first-order chi connectivity index (χ1) is 20.5. The number of carbonyl (C=O) groups excluding carboxylic acids is 2. The monoisotopic (exact) mass is 592 g/mol. The van der Waals surface area contributed by atoms with Crippen LogP contribution in [0.3, 0.4) is 0 Å². The van der Waals surface area contributed by atoms with Gasteiger partial charge in [-0.3, -0.25) is 24.8 Å². The van der Waals surface area contributed by atoms with Crippen LogP contribution < -0.4 is 35.6 Å². The lowest BCUT2D eigenvalue weighted by Crippen LogP contribution is -2.40. The predicted molar refractivity (Wildman–Crippen MR) is 164 cm³/mol. The van der Waals surface area contributed by atoms with Gasteiger partial charge < -0.3 is 24.8 Å². The molecule has 1 aromatic heterocycles. The first kappa shape index (κ1) is 31.3. The van der Waals surface area contributed by atoms with Gasteiger partial charge in [0, 0.05) is 18.4 Å². The minimum absolute atomic E-state index is 0.117. The highest BCUT2D eigenvalue weighted by atomic mass is 16.5. The molecule has 2 aromatic carbocycles. The third-order valence-corrected chi connectivity index (χ3v) is 7.46. The van der Waals surface area contributed by atoms with Crippen LogP contribution in [0.25, 0.3) is 11.1 Å². The van der Waals surface area contributed by atoms with E-state index >= 15 is 0 Å². The Morgan fingerprint density at radius 3 is 2.33 bits per heavy atom. The first-order valence-corrected chi connectivity index (χ1v) is 14.3. The maximum absolute atomic E-state index is 13.7. The molecule has 12 heteroatoms. The number of ether oxygens (including phenoxy) is 3. The number of carbonyl (C=O) groups is 2. The van der Waals surface area contributed by atoms with Gasteiger partial charge in [0.25, 0.3) is 0 Å². The molecule has 0 bridgehead atoms. The molecule has 4 N–H and O–H groups in total. The van der Waals surface area contributed by atoms with Crippen molar-refractivity contribution in [3.63, 3.8) is 0 Å². The van der Waals surface area contributed by atoms with Crippen LogP contribution >= 0.6 is 0 Å². The number of benzene rings is 1. The van der Waals surface area contributed by atoms with E-state index in [2.05, 4.69) is 31.1 Å². The van der Waals surface area contributed by atoms with E-state index in [4.69, 9.17) is 14.2 Å². The summed E-state index contributed by atoms with van der Waals surface area (Å²) in [4.78, 5) is 43.6. The average Bonchev–Trinajstić information content (AvgIpc) is 3.31. The van der Waals surface area contributed by atoms with Gasteiger partial charge in [-0.25, -0.2) is 0 Å². The predicted octanol–water partition coefficient (Wildman–Crippen LogP) is 4.18. The molecule has 0 radical (unpaired) electrons. The molecule has 230 valence electrons. The summed E-state index contributed by atoms with van der Waals surface area (Å²) in [6.45, 7) is 9.14. The largest absolute Gasteiger partial charge is 0.493 e. The number of nitrogens with zero attached hydrogens (tertiary/aromatic N) is 2. The summed E-state index contributed by atoms with van der Waals surface area (Å²) in [5.41, 5.74) is 2.88. The molecule has 43 heavy (non-hydrogen) atoms. The van der Waals surface area contributed by atoms with E-state index in [9.17, 15) is 14.4 Å². The van der Waals surface area contributed by atoms with Crippen molar-refractivity contribution in [1.82, 2.24) is 20.5 Å². The summed E-state index contributed by atoms with van der Waals surface area (Å²) < 4.78 is 17.1. The van der Waals surface area contributed by atoms with E-state index in [0.29, 0.717) is 47.0 Å². The van der Waals surface area contributed by atoms with Gasteiger partial charge in [-0.2, -0.15) is 4.98 Å². The maximum atomic E-state index is 13.7. The van der Waals surface area contributed by atoms with Crippen molar-refractivity contribution in [3.8, 4) is 28.4 Å². The zero-order valence-electron chi connectivity index (χ0n) is 25.9. The lowest BCUT2D eigenvalue weighted by atomic mass is 9.95. The Bertz CT molecular complexity index is 1570. The van der Waals surface area contributed by atoms with Crippen LogP contribution in [0.5, 0.6) is 17.2 Å².